The third kappa shape index (κ3) is 4.99. The Balaban J connectivity index is 1.56. The first kappa shape index (κ1) is 22.8. The van der Waals surface area contributed by atoms with E-state index >= 15 is 0 Å². The molecule has 0 aliphatic heterocycles. The third-order valence-corrected chi connectivity index (χ3v) is 6.14. The van der Waals surface area contributed by atoms with Gasteiger partial charge in [0.05, 0.1) is 14.2 Å². The number of rotatable bonds is 8. The number of amides is 1. The number of hydrogen-bond acceptors (Lipinski definition) is 8. The predicted molar refractivity (Wildman–Crippen MR) is 124 cm³/mol. The van der Waals surface area contributed by atoms with Crippen molar-refractivity contribution < 1.29 is 27.2 Å². The number of nitrogens with zero attached hydrogens (tertiary/aromatic N) is 2. The fourth-order valence-corrected chi connectivity index (χ4v) is 4.31. The van der Waals surface area contributed by atoms with Crippen LogP contribution >= 0.6 is 0 Å². The summed E-state index contributed by atoms with van der Waals surface area (Å²) in [5, 5.41) is 6.41. The summed E-state index contributed by atoms with van der Waals surface area (Å²) in [6, 6.07) is 15.6. The van der Waals surface area contributed by atoms with Gasteiger partial charge in [0.1, 0.15) is 16.4 Å². The molecule has 2 aromatic carbocycles. The van der Waals surface area contributed by atoms with Gasteiger partial charge in [-0.15, -0.1) is 0 Å². The summed E-state index contributed by atoms with van der Waals surface area (Å²) in [5.41, 5.74) is 1.25. The molecule has 4 aromatic rings. The van der Waals surface area contributed by atoms with E-state index in [2.05, 4.69) is 20.2 Å². The zero-order valence-electron chi connectivity index (χ0n) is 18.2. The van der Waals surface area contributed by atoms with Crippen molar-refractivity contribution in [2.24, 2.45) is 0 Å². The van der Waals surface area contributed by atoms with Crippen molar-refractivity contribution in [1.29, 1.82) is 0 Å². The summed E-state index contributed by atoms with van der Waals surface area (Å²) in [7, 11) is -1.17. The van der Waals surface area contributed by atoms with Gasteiger partial charge < -0.3 is 19.3 Å². The molecule has 2 N–H and O–H groups in total. The van der Waals surface area contributed by atoms with E-state index in [4.69, 9.17) is 14.0 Å². The van der Waals surface area contributed by atoms with Crippen LogP contribution in [0, 0.1) is 0 Å². The molecule has 0 aliphatic carbocycles. The Morgan fingerprint density at radius 2 is 1.74 bits per heavy atom. The Morgan fingerprint density at radius 1 is 0.971 bits per heavy atom. The Bertz CT molecular complexity index is 1400. The minimum atomic E-state index is -4.04. The number of ether oxygens (including phenoxy) is 2. The second kappa shape index (κ2) is 9.63. The zero-order chi connectivity index (χ0) is 24.1. The monoisotopic (exact) mass is 480 g/mol. The number of sulfonamides is 1. The Kier molecular flexibility index (Phi) is 6.46. The maximum Gasteiger partial charge on any atom is 0.277 e. The molecule has 0 atom stereocenters. The highest BCUT2D eigenvalue weighted by atomic mass is 32.2. The molecule has 2 heterocycles. The van der Waals surface area contributed by atoms with Crippen molar-refractivity contribution in [1.82, 2.24) is 10.1 Å². The number of nitrogens with one attached hydrogen (secondary N) is 2. The summed E-state index contributed by atoms with van der Waals surface area (Å²) in [6.45, 7) is 0. The largest absolute Gasteiger partial charge is 0.497 e. The average Bonchev–Trinajstić information content (AvgIpc) is 3.35. The summed E-state index contributed by atoms with van der Waals surface area (Å²) in [5.74, 6) is 0.500. The zero-order valence-corrected chi connectivity index (χ0v) is 19.0. The van der Waals surface area contributed by atoms with Gasteiger partial charge in [-0.3, -0.25) is 14.5 Å². The smallest absolute Gasteiger partial charge is 0.277 e. The van der Waals surface area contributed by atoms with Crippen LogP contribution in [0.1, 0.15) is 10.5 Å². The number of hydrogen-bond donors (Lipinski definition) is 2. The van der Waals surface area contributed by atoms with E-state index in [0.717, 1.165) is 0 Å². The number of aromatic nitrogens is 2. The van der Waals surface area contributed by atoms with E-state index in [1.807, 2.05) is 0 Å². The van der Waals surface area contributed by atoms with E-state index in [0.29, 0.717) is 22.8 Å². The Hall–Kier alpha value is -4.38. The number of methoxy groups -OCH3 is 2. The van der Waals surface area contributed by atoms with Crippen LogP contribution in [0.3, 0.4) is 0 Å². The van der Waals surface area contributed by atoms with E-state index in [1.54, 1.807) is 48.8 Å². The SMILES string of the molecule is COc1ccc(NS(=O)(=O)c2cc(NC(=O)c3cc(-c4cccnc4)on3)ccc2OC)cc1. The van der Waals surface area contributed by atoms with Crippen LogP contribution in [-0.4, -0.2) is 38.7 Å². The van der Waals surface area contributed by atoms with Crippen LogP contribution in [-0.2, 0) is 10.0 Å². The number of carbonyl (C=O) groups excluding carboxylic acids is 1. The van der Waals surface area contributed by atoms with Crippen LogP contribution < -0.4 is 19.5 Å². The van der Waals surface area contributed by atoms with Crippen molar-refractivity contribution in [3.8, 4) is 22.8 Å². The predicted octanol–water partition coefficient (Wildman–Crippen LogP) is 3.81. The van der Waals surface area contributed by atoms with Crippen molar-refractivity contribution in [3.05, 3.63) is 78.8 Å². The molecule has 174 valence electrons. The number of anilines is 2. The van der Waals surface area contributed by atoms with Crippen LogP contribution in [0.15, 0.2) is 82.5 Å². The van der Waals surface area contributed by atoms with Crippen LogP contribution in [0.25, 0.3) is 11.3 Å². The first-order valence-electron chi connectivity index (χ1n) is 9.93. The lowest BCUT2D eigenvalue weighted by Crippen LogP contribution is -2.16. The minimum absolute atomic E-state index is 0.0236. The first-order valence-corrected chi connectivity index (χ1v) is 11.4. The average molecular weight is 481 g/mol. The number of carbonyl (C=O) groups is 1. The van der Waals surface area contributed by atoms with Crippen molar-refractivity contribution in [2.75, 3.05) is 24.3 Å². The van der Waals surface area contributed by atoms with E-state index in [-0.39, 0.29) is 22.0 Å². The molecule has 0 bridgehead atoms. The van der Waals surface area contributed by atoms with Crippen molar-refractivity contribution in [3.63, 3.8) is 0 Å². The molecule has 0 saturated heterocycles. The van der Waals surface area contributed by atoms with Crippen molar-refractivity contribution >= 4 is 27.3 Å². The standard InChI is InChI=1S/C23H20N4O6S/c1-31-18-8-5-16(6-9-18)27-34(29,30)22-12-17(7-10-20(22)32-2)25-23(28)19-13-21(33-26-19)15-4-3-11-24-14-15/h3-14,27H,1-2H3,(H,25,28). The lowest BCUT2D eigenvalue weighted by molar-refractivity contribution is 0.101. The second-order valence-corrected chi connectivity index (χ2v) is 8.62. The lowest BCUT2D eigenvalue weighted by atomic mass is 10.2. The van der Waals surface area contributed by atoms with Gasteiger partial charge in [0, 0.05) is 35.4 Å². The molecule has 34 heavy (non-hydrogen) atoms. The highest BCUT2D eigenvalue weighted by Gasteiger charge is 2.22. The van der Waals surface area contributed by atoms with Crippen LogP contribution in [0.2, 0.25) is 0 Å². The Morgan fingerprint density at radius 3 is 2.41 bits per heavy atom. The van der Waals surface area contributed by atoms with Crippen molar-refractivity contribution in [2.45, 2.75) is 4.90 Å². The van der Waals surface area contributed by atoms with Gasteiger partial charge in [-0.25, -0.2) is 8.42 Å². The second-order valence-electron chi connectivity index (χ2n) is 6.97. The highest BCUT2D eigenvalue weighted by Crippen LogP contribution is 2.30. The first-order chi connectivity index (χ1) is 16.4. The lowest BCUT2D eigenvalue weighted by Gasteiger charge is -2.13. The van der Waals surface area contributed by atoms with Gasteiger partial charge in [-0.05, 0) is 54.6 Å². The summed E-state index contributed by atoms with van der Waals surface area (Å²) < 4.78 is 44.1. The topological polar surface area (TPSA) is 133 Å². The molecule has 0 radical (unpaired) electrons. The minimum Gasteiger partial charge on any atom is -0.497 e. The van der Waals surface area contributed by atoms with E-state index in [1.165, 1.54) is 38.5 Å². The number of benzene rings is 2. The molecular weight excluding hydrogens is 460 g/mol. The highest BCUT2D eigenvalue weighted by molar-refractivity contribution is 7.92. The van der Waals surface area contributed by atoms with E-state index < -0.39 is 15.9 Å². The van der Waals surface area contributed by atoms with Crippen LogP contribution in [0.5, 0.6) is 11.5 Å². The molecule has 11 heteroatoms. The molecule has 10 nitrogen and oxygen atoms in total. The summed E-state index contributed by atoms with van der Waals surface area (Å²) in [4.78, 5) is 16.5. The van der Waals surface area contributed by atoms with Gasteiger partial charge in [0.15, 0.2) is 11.5 Å². The molecular formula is C23H20N4O6S. The van der Waals surface area contributed by atoms with Crippen LogP contribution in [0.4, 0.5) is 11.4 Å². The molecule has 0 saturated carbocycles. The van der Waals surface area contributed by atoms with Gasteiger partial charge >= 0.3 is 0 Å². The molecule has 2 aromatic heterocycles. The molecule has 4 rings (SSSR count). The van der Waals surface area contributed by atoms with Gasteiger partial charge in [0.2, 0.25) is 0 Å². The Labute approximate surface area is 195 Å². The molecule has 1 amide bonds. The maximum absolute atomic E-state index is 13.0. The molecule has 0 spiro atoms. The quantitative estimate of drug-likeness (QED) is 0.389. The molecule has 0 unspecified atom stereocenters. The number of pyridine rings is 1. The third-order valence-electron chi connectivity index (χ3n) is 4.74. The maximum atomic E-state index is 13.0. The fourth-order valence-electron chi connectivity index (χ4n) is 3.06. The van der Waals surface area contributed by atoms with Gasteiger partial charge in [0.25, 0.3) is 15.9 Å². The molecule has 0 aliphatic rings. The normalized spacial score (nSPS) is 11.0. The van der Waals surface area contributed by atoms with Gasteiger partial charge in [-0.1, -0.05) is 5.16 Å². The summed E-state index contributed by atoms with van der Waals surface area (Å²) in [6.07, 6.45) is 3.20. The fraction of sp³-hybridized carbons (Fsp3) is 0.0870. The van der Waals surface area contributed by atoms with Gasteiger partial charge in [-0.2, -0.15) is 0 Å². The van der Waals surface area contributed by atoms with E-state index in [9.17, 15) is 13.2 Å². The molecule has 0 fully saturated rings. The summed E-state index contributed by atoms with van der Waals surface area (Å²) >= 11 is 0.